The third-order valence-electron chi connectivity index (χ3n) is 3.32. The third kappa shape index (κ3) is 6.06. The fourth-order valence-electron chi connectivity index (χ4n) is 2.13. The third-order valence-corrected chi connectivity index (χ3v) is 3.32. The van der Waals surface area contributed by atoms with Crippen molar-refractivity contribution in [1.29, 1.82) is 0 Å². The first-order valence-electron chi connectivity index (χ1n) is 7.51. The molecule has 2 aromatic rings. The number of carbonyl (C=O) groups is 2. The molecule has 130 valence electrons. The lowest BCUT2D eigenvalue weighted by atomic mass is 10.1. The van der Waals surface area contributed by atoms with Crippen LogP contribution in [0, 0.1) is 0 Å². The minimum Gasteiger partial charge on any atom is -0.459 e. The molecule has 24 heavy (non-hydrogen) atoms. The molecule has 0 saturated heterocycles. The molecule has 2 rings (SSSR count). The van der Waals surface area contributed by atoms with E-state index in [2.05, 4.69) is 16.0 Å². The van der Waals surface area contributed by atoms with Crippen molar-refractivity contribution in [3.8, 4) is 0 Å². The lowest BCUT2D eigenvalue weighted by Crippen LogP contribution is -2.49. The second-order valence-corrected chi connectivity index (χ2v) is 5.09. The van der Waals surface area contributed by atoms with E-state index in [4.69, 9.17) is 4.42 Å². The highest BCUT2D eigenvalue weighted by Crippen LogP contribution is 2.06. The Bertz CT molecular complexity index is 617. The van der Waals surface area contributed by atoms with Crippen LogP contribution in [0.3, 0.4) is 0 Å². The van der Waals surface area contributed by atoms with E-state index in [0.29, 0.717) is 19.5 Å². The summed E-state index contributed by atoms with van der Waals surface area (Å²) >= 11 is 0. The van der Waals surface area contributed by atoms with Crippen molar-refractivity contribution in [3.05, 3.63) is 60.1 Å². The van der Waals surface area contributed by atoms with Gasteiger partial charge >= 0.3 is 0 Å². The van der Waals surface area contributed by atoms with Gasteiger partial charge in [-0.3, -0.25) is 9.59 Å². The maximum atomic E-state index is 12.3. The van der Waals surface area contributed by atoms with Crippen LogP contribution >= 0.6 is 12.4 Å². The first-order valence-corrected chi connectivity index (χ1v) is 7.51. The summed E-state index contributed by atoms with van der Waals surface area (Å²) in [7, 11) is 1.81. The molecule has 1 heterocycles. The summed E-state index contributed by atoms with van der Waals surface area (Å²) in [5, 5.41) is 8.50. The molecule has 0 saturated carbocycles. The highest BCUT2D eigenvalue weighted by molar-refractivity contribution is 5.95. The topological polar surface area (TPSA) is 83.4 Å². The fraction of sp³-hybridized carbons (Fsp3) is 0.294. The monoisotopic (exact) mass is 351 g/mol. The Hall–Kier alpha value is -2.31. The standard InChI is InChI=1S/C17H21N3O3.ClH/c1-18-9-10-19-16(21)14(12-13-6-3-2-4-7-13)20-17(22)15-8-5-11-23-15;/h2-8,11,14,18H,9-10,12H2,1H3,(H,19,21)(H,20,22);1H. The van der Waals surface area contributed by atoms with Crippen LogP contribution in [-0.4, -0.2) is 38.0 Å². The Balaban J connectivity index is 0.00000288. The van der Waals surface area contributed by atoms with Crippen molar-refractivity contribution in [3.63, 3.8) is 0 Å². The summed E-state index contributed by atoms with van der Waals surface area (Å²) in [5.74, 6) is -0.435. The van der Waals surface area contributed by atoms with Gasteiger partial charge in [-0.25, -0.2) is 0 Å². The molecule has 7 heteroatoms. The molecule has 0 bridgehead atoms. The number of hydrogen-bond donors (Lipinski definition) is 3. The van der Waals surface area contributed by atoms with Crippen molar-refractivity contribution >= 4 is 24.2 Å². The van der Waals surface area contributed by atoms with Crippen molar-refractivity contribution < 1.29 is 14.0 Å². The lowest BCUT2D eigenvalue weighted by molar-refractivity contribution is -0.122. The molecular formula is C17H22ClN3O3. The van der Waals surface area contributed by atoms with Gasteiger partial charge in [-0.15, -0.1) is 12.4 Å². The summed E-state index contributed by atoms with van der Waals surface area (Å²) in [6.07, 6.45) is 1.84. The Labute approximate surface area is 147 Å². The van der Waals surface area contributed by atoms with E-state index in [9.17, 15) is 9.59 Å². The Morgan fingerprint density at radius 1 is 1.08 bits per heavy atom. The van der Waals surface area contributed by atoms with Crippen LogP contribution in [0.15, 0.2) is 53.1 Å². The van der Waals surface area contributed by atoms with Gasteiger partial charge in [0.25, 0.3) is 5.91 Å². The predicted octanol–water partition coefficient (Wildman–Crippen LogP) is 1.38. The molecule has 6 nitrogen and oxygen atoms in total. The molecule has 0 aliphatic heterocycles. The molecule has 2 amide bonds. The van der Waals surface area contributed by atoms with Crippen molar-refractivity contribution in [1.82, 2.24) is 16.0 Å². The lowest BCUT2D eigenvalue weighted by Gasteiger charge is -2.18. The number of hydrogen-bond acceptors (Lipinski definition) is 4. The molecule has 1 unspecified atom stereocenters. The quantitative estimate of drug-likeness (QED) is 0.627. The SMILES string of the molecule is CNCCNC(=O)C(Cc1ccccc1)NC(=O)c1ccco1.Cl. The molecule has 1 aromatic heterocycles. The number of rotatable bonds is 8. The second-order valence-electron chi connectivity index (χ2n) is 5.09. The van der Waals surface area contributed by atoms with Gasteiger partial charge in [0.2, 0.25) is 5.91 Å². The molecule has 0 spiro atoms. The van der Waals surface area contributed by atoms with E-state index in [-0.39, 0.29) is 24.1 Å². The van der Waals surface area contributed by atoms with Crippen molar-refractivity contribution in [2.24, 2.45) is 0 Å². The van der Waals surface area contributed by atoms with Gasteiger partial charge in [0.15, 0.2) is 5.76 Å². The highest BCUT2D eigenvalue weighted by Gasteiger charge is 2.22. The van der Waals surface area contributed by atoms with Gasteiger partial charge in [0.1, 0.15) is 6.04 Å². The van der Waals surface area contributed by atoms with Crippen LogP contribution < -0.4 is 16.0 Å². The van der Waals surface area contributed by atoms with Gasteiger partial charge in [0, 0.05) is 19.5 Å². The minimum atomic E-state index is -0.660. The summed E-state index contributed by atoms with van der Waals surface area (Å²) < 4.78 is 5.07. The zero-order valence-corrected chi connectivity index (χ0v) is 14.3. The molecule has 0 aliphatic carbocycles. The largest absolute Gasteiger partial charge is 0.459 e. The molecule has 3 N–H and O–H groups in total. The number of amides is 2. The minimum absolute atomic E-state index is 0. The van der Waals surface area contributed by atoms with E-state index in [1.54, 1.807) is 12.1 Å². The van der Waals surface area contributed by atoms with Crippen LogP contribution in [0.25, 0.3) is 0 Å². The summed E-state index contributed by atoms with van der Waals surface area (Å²) in [4.78, 5) is 24.5. The zero-order chi connectivity index (χ0) is 16.5. The molecular weight excluding hydrogens is 330 g/mol. The van der Waals surface area contributed by atoms with E-state index in [1.807, 2.05) is 37.4 Å². The average Bonchev–Trinajstić information content (AvgIpc) is 3.10. The highest BCUT2D eigenvalue weighted by atomic mass is 35.5. The summed E-state index contributed by atoms with van der Waals surface area (Å²) in [5.41, 5.74) is 0.973. The first kappa shape index (κ1) is 19.7. The number of carbonyl (C=O) groups excluding carboxylic acids is 2. The van der Waals surface area contributed by atoms with Gasteiger partial charge in [-0.2, -0.15) is 0 Å². The molecule has 1 atom stereocenters. The number of likely N-dealkylation sites (N-methyl/N-ethyl adjacent to an activating group) is 1. The normalized spacial score (nSPS) is 11.2. The smallest absolute Gasteiger partial charge is 0.287 e. The van der Waals surface area contributed by atoms with Crippen LogP contribution in [0.4, 0.5) is 0 Å². The van der Waals surface area contributed by atoms with Crippen molar-refractivity contribution in [2.45, 2.75) is 12.5 Å². The average molecular weight is 352 g/mol. The number of nitrogens with one attached hydrogen (secondary N) is 3. The second kappa shape index (κ2) is 10.5. The summed E-state index contributed by atoms with van der Waals surface area (Å²) in [6.45, 7) is 1.16. The maximum absolute atomic E-state index is 12.3. The van der Waals surface area contributed by atoms with Gasteiger partial charge in [-0.1, -0.05) is 30.3 Å². The fourth-order valence-corrected chi connectivity index (χ4v) is 2.13. The molecule has 1 aromatic carbocycles. The van der Waals surface area contributed by atoms with E-state index < -0.39 is 11.9 Å². The van der Waals surface area contributed by atoms with Crippen LogP contribution in [0.1, 0.15) is 16.1 Å². The van der Waals surface area contributed by atoms with E-state index >= 15 is 0 Å². The summed E-state index contributed by atoms with van der Waals surface area (Å²) in [6, 6.07) is 12.1. The maximum Gasteiger partial charge on any atom is 0.287 e. The Morgan fingerprint density at radius 3 is 2.46 bits per heavy atom. The van der Waals surface area contributed by atoms with E-state index in [0.717, 1.165) is 5.56 Å². The molecule has 0 fully saturated rings. The number of benzene rings is 1. The zero-order valence-electron chi connectivity index (χ0n) is 13.5. The molecule has 0 radical (unpaired) electrons. The van der Waals surface area contributed by atoms with Gasteiger partial charge in [-0.05, 0) is 24.7 Å². The first-order chi connectivity index (χ1) is 11.2. The van der Waals surface area contributed by atoms with Crippen LogP contribution in [0.5, 0.6) is 0 Å². The van der Waals surface area contributed by atoms with Gasteiger partial charge in [0.05, 0.1) is 6.26 Å². The van der Waals surface area contributed by atoms with E-state index in [1.165, 1.54) is 6.26 Å². The van der Waals surface area contributed by atoms with Crippen LogP contribution in [-0.2, 0) is 11.2 Å². The Kier molecular flexibility index (Phi) is 8.60. The molecule has 0 aliphatic rings. The van der Waals surface area contributed by atoms with Crippen molar-refractivity contribution in [2.75, 3.05) is 20.1 Å². The predicted molar refractivity (Wildman–Crippen MR) is 94.3 cm³/mol. The van der Waals surface area contributed by atoms with Crippen LogP contribution in [0.2, 0.25) is 0 Å². The van der Waals surface area contributed by atoms with Gasteiger partial charge < -0.3 is 20.4 Å². The number of halogens is 1. The number of furan rings is 1. The Morgan fingerprint density at radius 2 is 1.83 bits per heavy atom.